The third-order valence-corrected chi connectivity index (χ3v) is 1.57. The van der Waals surface area contributed by atoms with Crippen LogP contribution in [0.15, 0.2) is 4.99 Å². The normalized spacial score (nSPS) is 12.9. The molecule has 0 aliphatic carbocycles. The van der Waals surface area contributed by atoms with Crippen LogP contribution in [0.4, 0.5) is 0 Å². The van der Waals surface area contributed by atoms with E-state index in [9.17, 15) is 4.57 Å². The van der Waals surface area contributed by atoms with Crippen molar-refractivity contribution in [2.24, 2.45) is 4.99 Å². The first kappa shape index (κ1) is 15.1. The molecule has 7 heteroatoms. The van der Waals surface area contributed by atoms with Gasteiger partial charge in [0.15, 0.2) is 0 Å². The van der Waals surface area contributed by atoms with Crippen LogP contribution in [0.2, 0.25) is 0 Å². The van der Waals surface area contributed by atoms with Gasteiger partial charge in [-0.25, -0.2) is 0 Å². The molecule has 5 nitrogen and oxygen atoms in total. The maximum absolute atomic E-state index is 9.92. The van der Waals surface area contributed by atoms with Gasteiger partial charge in [0, 0.05) is 50.3 Å². The summed E-state index contributed by atoms with van der Waals surface area (Å²) in [6.07, 6.45) is 1.74. The molecule has 0 atom stereocenters. The molecule has 1 N–H and O–H groups in total. The molecular formula is C5H13N2NaO3P. The second-order valence-corrected chi connectivity index (χ2v) is 2.96. The van der Waals surface area contributed by atoms with Crippen LogP contribution < -0.4 is 5.32 Å². The second-order valence-electron chi connectivity index (χ2n) is 1.65. The number of hydrogen-bond donors (Lipinski definition) is 1. The van der Waals surface area contributed by atoms with E-state index < -0.39 is 8.25 Å². The first-order valence-electron chi connectivity index (χ1n) is 3.15. The molecule has 1 rings (SSSR count). The Hall–Kier alpha value is 0.620. The van der Waals surface area contributed by atoms with Crippen LogP contribution in [0.1, 0.15) is 0 Å². The minimum absolute atomic E-state index is 0. The minimum atomic E-state index is -2.12. The Bertz CT molecular complexity index is 133. The van der Waals surface area contributed by atoms with Crippen molar-refractivity contribution in [3.05, 3.63) is 0 Å². The Morgan fingerprint density at radius 3 is 2.17 bits per heavy atom. The fourth-order valence-corrected chi connectivity index (χ4v) is 0.573. The van der Waals surface area contributed by atoms with E-state index in [4.69, 9.17) is 0 Å². The van der Waals surface area contributed by atoms with E-state index in [1.807, 2.05) is 0 Å². The molecule has 1 heterocycles. The van der Waals surface area contributed by atoms with E-state index in [1.165, 1.54) is 14.2 Å². The van der Waals surface area contributed by atoms with Crippen LogP contribution in [0.3, 0.4) is 0 Å². The molecule has 1 radical (unpaired) electrons. The molecular weight excluding hydrogens is 190 g/mol. The largest absolute Gasteiger partial charge is 0.375 e. The van der Waals surface area contributed by atoms with Crippen molar-refractivity contribution in [3.8, 4) is 0 Å². The van der Waals surface area contributed by atoms with Gasteiger partial charge in [0.1, 0.15) is 0 Å². The summed E-state index contributed by atoms with van der Waals surface area (Å²) < 4.78 is 18.4. The molecule has 0 aromatic rings. The van der Waals surface area contributed by atoms with Gasteiger partial charge in [-0.1, -0.05) is 0 Å². The van der Waals surface area contributed by atoms with Gasteiger partial charge in [-0.2, -0.15) is 0 Å². The summed E-state index contributed by atoms with van der Waals surface area (Å²) in [7, 11) is 0.558. The van der Waals surface area contributed by atoms with Crippen molar-refractivity contribution in [1.29, 1.82) is 0 Å². The maximum atomic E-state index is 9.92. The summed E-state index contributed by atoms with van der Waals surface area (Å²) in [5, 5.41) is 2.93. The topological polar surface area (TPSA) is 59.9 Å². The Balaban J connectivity index is 0. The molecule has 1 aliphatic heterocycles. The van der Waals surface area contributed by atoms with E-state index in [0.717, 1.165) is 13.1 Å². The quantitative estimate of drug-likeness (QED) is 0.503. The van der Waals surface area contributed by atoms with Gasteiger partial charge in [-0.05, 0) is 0 Å². The predicted octanol–water partition coefficient (Wildman–Crippen LogP) is -0.0940. The fraction of sp³-hybridized carbons (Fsp3) is 0.800. The van der Waals surface area contributed by atoms with Crippen molar-refractivity contribution in [2.45, 2.75) is 0 Å². The van der Waals surface area contributed by atoms with Gasteiger partial charge < -0.3 is 14.4 Å². The zero-order valence-corrected chi connectivity index (χ0v) is 10.7. The molecule has 0 unspecified atom stereocenters. The molecule has 0 aromatic heterocycles. The monoisotopic (exact) mass is 203 g/mol. The molecule has 0 saturated heterocycles. The summed E-state index contributed by atoms with van der Waals surface area (Å²) in [6, 6.07) is 0. The Labute approximate surface area is 95.2 Å². The predicted molar refractivity (Wildman–Crippen MR) is 50.1 cm³/mol. The SMILES string of the molecule is C1=NCCN1.CO[PH](=O)OC.[Na]. The molecule has 67 valence electrons. The van der Waals surface area contributed by atoms with Crippen molar-refractivity contribution in [1.82, 2.24) is 5.32 Å². The van der Waals surface area contributed by atoms with E-state index in [0.29, 0.717) is 0 Å². The van der Waals surface area contributed by atoms with Crippen molar-refractivity contribution < 1.29 is 13.6 Å². The van der Waals surface area contributed by atoms with Crippen LogP contribution in [0.5, 0.6) is 0 Å². The summed E-state index contributed by atoms with van der Waals surface area (Å²) >= 11 is 0. The van der Waals surface area contributed by atoms with E-state index in [2.05, 4.69) is 19.4 Å². The summed E-state index contributed by atoms with van der Waals surface area (Å²) in [5.41, 5.74) is 0. The van der Waals surface area contributed by atoms with E-state index >= 15 is 0 Å². The fourth-order valence-electron chi connectivity index (χ4n) is 0.406. The molecule has 0 aromatic carbocycles. The van der Waals surface area contributed by atoms with Crippen molar-refractivity contribution in [2.75, 3.05) is 27.3 Å². The average Bonchev–Trinajstić information content (AvgIpc) is 2.60. The smallest absolute Gasteiger partial charge is 0.318 e. The molecule has 0 amide bonds. The Morgan fingerprint density at radius 1 is 1.50 bits per heavy atom. The molecule has 0 fully saturated rings. The third-order valence-electron chi connectivity index (χ3n) is 0.901. The standard InChI is InChI=1S/C3H6N2.C2H7O3P.Na/c1-2-5-3-4-1;1-4-6(3)5-2;/h3H,1-2H2,(H,4,5);6H,1-2H3;. The van der Waals surface area contributed by atoms with Gasteiger partial charge in [0.25, 0.3) is 0 Å². The number of rotatable bonds is 2. The average molecular weight is 203 g/mol. The van der Waals surface area contributed by atoms with Crippen LogP contribution in [-0.4, -0.2) is 63.2 Å². The summed E-state index contributed by atoms with van der Waals surface area (Å²) in [5.74, 6) is 0. The zero-order chi connectivity index (χ0) is 8.53. The van der Waals surface area contributed by atoms with Gasteiger partial charge in [0.2, 0.25) is 0 Å². The van der Waals surface area contributed by atoms with Gasteiger partial charge in [-0.3, -0.25) is 9.56 Å². The number of aliphatic imine (C=N–C) groups is 1. The molecule has 12 heavy (non-hydrogen) atoms. The maximum Gasteiger partial charge on any atom is 0.318 e. The Morgan fingerprint density at radius 2 is 2.08 bits per heavy atom. The zero-order valence-electron chi connectivity index (χ0n) is 7.66. The van der Waals surface area contributed by atoms with Crippen molar-refractivity contribution in [3.63, 3.8) is 0 Å². The summed E-state index contributed by atoms with van der Waals surface area (Å²) in [6.45, 7) is 1.99. The van der Waals surface area contributed by atoms with Crippen LogP contribution in [0, 0.1) is 0 Å². The van der Waals surface area contributed by atoms with E-state index in [1.54, 1.807) is 6.34 Å². The van der Waals surface area contributed by atoms with E-state index in [-0.39, 0.29) is 29.6 Å². The third kappa shape index (κ3) is 10.6. The van der Waals surface area contributed by atoms with Crippen LogP contribution >= 0.6 is 8.25 Å². The first-order chi connectivity index (χ1) is 5.31. The van der Waals surface area contributed by atoms with Crippen molar-refractivity contribution >= 4 is 44.2 Å². The number of nitrogens with zero attached hydrogens (tertiary/aromatic N) is 1. The van der Waals surface area contributed by atoms with Gasteiger partial charge in [0.05, 0.1) is 12.9 Å². The van der Waals surface area contributed by atoms with Crippen LogP contribution in [-0.2, 0) is 13.6 Å². The van der Waals surface area contributed by atoms with Gasteiger partial charge >= 0.3 is 8.25 Å². The molecule has 0 spiro atoms. The minimum Gasteiger partial charge on any atom is -0.375 e. The molecule has 0 saturated carbocycles. The first-order valence-corrected chi connectivity index (χ1v) is 4.37. The van der Waals surface area contributed by atoms with Gasteiger partial charge in [-0.15, -0.1) is 0 Å². The summed E-state index contributed by atoms with van der Waals surface area (Å²) in [4.78, 5) is 3.85. The number of nitrogens with one attached hydrogen (secondary N) is 1. The number of hydrogen-bond acceptors (Lipinski definition) is 5. The van der Waals surface area contributed by atoms with Crippen LogP contribution in [0.25, 0.3) is 0 Å². The Kier molecular flexibility index (Phi) is 14.6. The second kappa shape index (κ2) is 11.6. The molecule has 1 aliphatic rings. The molecule has 0 bridgehead atoms.